The van der Waals surface area contributed by atoms with Crippen molar-refractivity contribution in [2.24, 2.45) is 0 Å². The van der Waals surface area contributed by atoms with E-state index in [0.29, 0.717) is 6.04 Å². The van der Waals surface area contributed by atoms with Crippen LogP contribution in [0.5, 0.6) is 0 Å². The van der Waals surface area contributed by atoms with Crippen molar-refractivity contribution in [1.82, 2.24) is 9.55 Å². The van der Waals surface area contributed by atoms with Gasteiger partial charge in [-0.25, -0.2) is 4.98 Å². The number of aromatic nitrogens is 2. The number of halogens is 1. The summed E-state index contributed by atoms with van der Waals surface area (Å²) in [7, 11) is 0. The number of nitrogens with zero attached hydrogens (tertiary/aromatic N) is 2. The average Bonchev–Trinajstić information content (AvgIpc) is 3.02. The quantitative estimate of drug-likeness (QED) is 0.914. The summed E-state index contributed by atoms with van der Waals surface area (Å²) < 4.78 is 3.25. The molecule has 0 spiro atoms. The molecule has 1 aliphatic rings. The lowest BCUT2D eigenvalue weighted by molar-refractivity contribution is 0.740. The van der Waals surface area contributed by atoms with Crippen molar-refractivity contribution in [1.29, 1.82) is 0 Å². The fourth-order valence-corrected chi connectivity index (χ4v) is 3.22. The van der Waals surface area contributed by atoms with E-state index in [4.69, 9.17) is 0 Å². The van der Waals surface area contributed by atoms with Crippen LogP contribution < -0.4 is 5.32 Å². The fraction of sp³-hybridized carbons (Fsp3) is 0.400. The molecule has 1 aromatic heterocycles. The SMILES string of the molecule is Cc1cc(Br)ccc1-n1ccnc1NC1CCCC1. The zero-order chi connectivity index (χ0) is 13.2. The lowest BCUT2D eigenvalue weighted by Crippen LogP contribution is -2.17. The molecule has 0 amide bonds. The molecule has 1 heterocycles. The molecule has 0 unspecified atom stereocenters. The second-order valence-corrected chi connectivity index (χ2v) is 6.09. The normalized spacial score (nSPS) is 15.9. The summed E-state index contributed by atoms with van der Waals surface area (Å²) in [6.45, 7) is 2.12. The number of rotatable bonds is 3. The van der Waals surface area contributed by atoms with Gasteiger partial charge in [0.15, 0.2) is 0 Å². The molecule has 3 rings (SSSR count). The first kappa shape index (κ1) is 12.7. The van der Waals surface area contributed by atoms with E-state index in [1.807, 2.05) is 12.4 Å². The maximum absolute atomic E-state index is 4.46. The lowest BCUT2D eigenvalue weighted by atomic mass is 10.2. The Morgan fingerprint density at radius 2 is 2.11 bits per heavy atom. The molecule has 0 radical (unpaired) electrons. The van der Waals surface area contributed by atoms with E-state index in [1.54, 1.807) is 0 Å². The topological polar surface area (TPSA) is 29.9 Å². The van der Waals surface area contributed by atoms with E-state index < -0.39 is 0 Å². The van der Waals surface area contributed by atoms with Gasteiger partial charge in [0.2, 0.25) is 5.95 Å². The Labute approximate surface area is 122 Å². The molecule has 0 saturated heterocycles. The van der Waals surface area contributed by atoms with Crippen LogP contribution in [0.1, 0.15) is 31.2 Å². The Kier molecular flexibility index (Phi) is 3.60. The van der Waals surface area contributed by atoms with Crippen molar-refractivity contribution < 1.29 is 0 Å². The van der Waals surface area contributed by atoms with E-state index in [1.165, 1.54) is 36.9 Å². The number of benzene rings is 1. The molecule has 19 heavy (non-hydrogen) atoms. The average molecular weight is 320 g/mol. The minimum atomic E-state index is 0.580. The molecule has 1 N–H and O–H groups in total. The highest BCUT2D eigenvalue weighted by Gasteiger charge is 2.17. The van der Waals surface area contributed by atoms with Gasteiger partial charge >= 0.3 is 0 Å². The smallest absolute Gasteiger partial charge is 0.207 e. The molecule has 1 aliphatic carbocycles. The van der Waals surface area contributed by atoms with Crippen molar-refractivity contribution in [2.45, 2.75) is 38.6 Å². The van der Waals surface area contributed by atoms with Crippen LogP contribution in [-0.2, 0) is 0 Å². The molecular weight excluding hydrogens is 302 g/mol. The first-order chi connectivity index (χ1) is 9.24. The third-order valence-corrected chi connectivity index (χ3v) is 4.24. The van der Waals surface area contributed by atoms with Gasteiger partial charge < -0.3 is 5.32 Å². The standard InChI is InChI=1S/C15H18BrN3/c1-11-10-12(16)6-7-14(11)19-9-8-17-15(19)18-13-4-2-3-5-13/h6-10,13H,2-5H2,1H3,(H,17,18). The summed E-state index contributed by atoms with van der Waals surface area (Å²) in [4.78, 5) is 4.46. The summed E-state index contributed by atoms with van der Waals surface area (Å²) in [5.74, 6) is 0.956. The summed E-state index contributed by atoms with van der Waals surface area (Å²) >= 11 is 3.51. The van der Waals surface area contributed by atoms with Crippen LogP contribution in [0, 0.1) is 6.92 Å². The van der Waals surface area contributed by atoms with Gasteiger partial charge in [-0.1, -0.05) is 28.8 Å². The number of imidazole rings is 1. The van der Waals surface area contributed by atoms with Gasteiger partial charge in [0.05, 0.1) is 5.69 Å². The summed E-state index contributed by atoms with van der Waals surface area (Å²) in [5, 5.41) is 3.57. The zero-order valence-corrected chi connectivity index (χ0v) is 12.7. The van der Waals surface area contributed by atoms with Gasteiger partial charge in [0.25, 0.3) is 0 Å². The van der Waals surface area contributed by atoms with Crippen LogP contribution in [0.2, 0.25) is 0 Å². The Morgan fingerprint density at radius 1 is 1.32 bits per heavy atom. The molecule has 100 valence electrons. The molecular formula is C15H18BrN3. The van der Waals surface area contributed by atoms with Gasteiger partial charge in [0.1, 0.15) is 0 Å². The van der Waals surface area contributed by atoms with Crippen molar-refractivity contribution in [3.8, 4) is 5.69 Å². The first-order valence-corrected chi connectivity index (χ1v) is 7.60. The monoisotopic (exact) mass is 319 g/mol. The number of anilines is 1. The minimum Gasteiger partial charge on any atom is -0.353 e. The fourth-order valence-electron chi connectivity index (χ4n) is 2.75. The van der Waals surface area contributed by atoms with Crippen molar-refractivity contribution in [3.05, 3.63) is 40.6 Å². The number of hydrogen-bond donors (Lipinski definition) is 1. The van der Waals surface area contributed by atoms with Crippen molar-refractivity contribution in [3.63, 3.8) is 0 Å². The van der Waals surface area contributed by atoms with Crippen molar-refractivity contribution >= 4 is 21.9 Å². The maximum atomic E-state index is 4.46. The van der Waals surface area contributed by atoms with Gasteiger partial charge in [-0.2, -0.15) is 0 Å². The number of aryl methyl sites for hydroxylation is 1. The van der Waals surface area contributed by atoms with Crippen LogP contribution in [0.15, 0.2) is 35.1 Å². The predicted molar refractivity (Wildman–Crippen MR) is 81.9 cm³/mol. The second-order valence-electron chi connectivity index (χ2n) is 5.18. The third-order valence-electron chi connectivity index (χ3n) is 3.75. The van der Waals surface area contributed by atoms with E-state index in [0.717, 1.165) is 10.4 Å². The molecule has 4 heteroatoms. The van der Waals surface area contributed by atoms with Gasteiger partial charge in [-0.05, 0) is 43.5 Å². The van der Waals surface area contributed by atoms with Crippen LogP contribution in [0.25, 0.3) is 5.69 Å². The summed E-state index contributed by atoms with van der Waals surface area (Å²) in [6, 6.07) is 6.91. The van der Waals surface area contributed by atoms with E-state index in [2.05, 4.69) is 55.9 Å². The van der Waals surface area contributed by atoms with Gasteiger partial charge in [-0.3, -0.25) is 4.57 Å². The largest absolute Gasteiger partial charge is 0.353 e. The van der Waals surface area contributed by atoms with Crippen molar-refractivity contribution in [2.75, 3.05) is 5.32 Å². The maximum Gasteiger partial charge on any atom is 0.207 e. The third kappa shape index (κ3) is 2.68. The molecule has 2 aromatic rings. The Balaban J connectivity index is 1.90. The van der Waals surface area contributed by atoms with Gasteiger partial charge in [0, 0.05) is 22.9 Å². The molecule has 0 aliphatic heterocycles. The molecule has 1 saturated carbocycles. The van der Waals surface area contributed by atoms with Crippen LogP contribution in [0.4, 0.5) is 5.95 Å². The molecule has 0 atom stereocenters. The summed E-state index contributed by atoms with van der Waals surface area (Å²) in [6.07, 6.45) is 9.05. The highest BCUT2D eigenvalue weighted by Crippen LogP contribution is 2.25. The Morgan fingerprint density at radius 3 is 2.84 bits per heavy atom. The second kappa shape index (κ2) is 5.37. The van der Waals surface area contributed by atoms with Crippen LogP contribution in [-0.4, -0.2) is 15.6 Å². The Hall–Kier alpha value is -1.29. The van der Waals surface area contributed by atoms with E-state index in [9.17, 15) is 0 Å². The highest BCUT2D eigenvalue weighted by molar-refractivity contribution is 9.10. The van der Waals surface area contributed by atoms with E-state index in [-0.39, 0.29) is 0 Å². The lowest BCUT2D eigenvalue weighted by Gasteiger charge is -2.16. The Bertz CT molecular complexity index is 571. The van der Waals surface area contributed by atoms with Gasteiger partial charge in [-0.15, -0.1) is 0 Å². The number of hydrogen-bond acceptors (Lipinski definition) is 2. The first-order valence-electron chi connectivity index (χ1n) is 6.80. The van der Waals surface area contributed by atoms with Crippen LogP contribution >= 0.6 is 15.9 Å². The number of nitrogens with one attached hydrogen (secondary N) is 1. The molecule has 1 aromatic carbocycles. The zero-order valence-electron chi connectivity index (χ0n) is 11.1. The summed E-state index contributed by atoms with van der Waals surface area (Å²) in [5.41, 5.74) is 2.42. The minimum absolute atomic E-state index is 0.580. The van der Waals surface area contributed by atoms with E-state index >= 15 is 0 Å². The van der Waals surface area contributed by atoms with Crippen LogP contribution in [0.3, 0.4) is 0 Å². The molecule has 0 bridgehead atoms. The molecule has 3 nitrogen and oxygen atoms in total. The highest BCUT2D eigenvalue weighted by atomic mass is 79.9. The predicted octanol–water partition coefficient (Wildman–Crippen LogP) is 4.30. The molecule has 1 fully saturated rings.